The first-order valence-corrected chi connectivity index (χ1v) is 7.90. The van der Waals surface area contributed by atoms with Crippen LogP contribution in [0.15, 0.2) is 21.3 Å². The second kappa shape index (κ2) is 5.99. The van der Waals surface area contributed by atoms with Gasteiger partial charge in [-0.15, -0.1) is 0 Å². The number of hydrogen-bond acceptors (Lipinski definition) is 3. The zero-order valence-corrected chi connectivity index (χ0v) is 13.3. The summed E-state index contributed by atoms with van der Waals surface area (Å²) in [7, 11) is 1.99. The highest BCUT2D eigenvalue weighted by Crippen LogP contribution is 2.31. The molecule has 0 fully saturated rings. The Morgan fingerprint density at radius 3 is 2.72 bits per heavy atom. The van der Waals surface area contributed by atoms with E-state index < -0.39 is 0 Å². The lowest BCUT2D eigenvalue weighted by Gasteiger charge is -2.17. The Balaban J connectivity index is 2.44. The third-order valence-electron chi connectivity index (χ3n) is 3.06. The lowest BCUT2D eigenvalue weighted by Crippen LogP contribution is -2.21. The quantitative estimate of drug-likeness (QED) is 0.909. The predicted octanol–water partition coefficient (Wildman–Crippen LogP) is 3.60. The maximum Gasteiger partial charge on any atom is 0.0765 e. The van der Waals surface area contributed by atoms with E-state index in [1.165, 1.54) is 11.3 Å². The van der Waals surface area contributed by atoms with Gasteiger partial charge in [-0.1, -0.05) is 6.92 Å². The molecule has 0 aliphatic carbocycles. The summed E-state index contributed by atoms with van der Waals surface area (Å²) < 4.78 is 3.25. The number of thiophene rings is 1. The molecule has 0 aromatic carbocycles. The van der Waals surface area contributed by atoms with Crippen molar-refractivity contribution in [3.05, 3.63) is 38.3 Å². The molecule has 0 spiro atoms. The highest BCUT2D eigenvalue weighted by atomic mass is 79.9. The second-order valence-corrected chi connectivity index (χ2v) is 5.72. The molecule has 0 aliphatic rings. The molecule has 2 aromatic rings. The SMILES string of the molecule is CCc1cc(C(NC)c2cscc2Br)n(CC)n1. The van der Waals surface area contributed by atoms with Crippen molar-refractivity contribution in [2.45, 2.75) is 32.9 Å². The van der Waals surface area contributed by atoms with E-state index in [4.69, 9.17) is 0 Å². The molecule has 0 aliphatic heterocycles. The Morgan fingerprint density at radius 2 is 2.22 bits per heavy atom. The van der Waals surface area contributed by atoms with Gasteiger partial charge in [-0.25, -0.2) is 0 Å². The summed E-state index contributed by atoms with van der Waals surface area (Å²) in [6.07, 6.45) is 0.973. The van der Waals surface area contributed by atoms with E-state index in [1.54, 1.807) is 11.3 Å². The Hall–Kier alpha value is -0.650. The molecule has 1 N–H and O–H groups in total. The summed E-state index contributed by atoms with van der Waals surface area (Å²) in [6.45, 7) is 5.17. The first-order valence-electron chi connectivity index (χ1n) is 6.16. The highest BCUT2D eigenvalue weighted by molar-refractivity contribution is 9.10. The minimum atomic E-state index is 0.193. The lowest BCUT2D eigenvalue weighted by molar-refractivity contribution is 0.560. The molecule has 0 amide bonds. The number of aromatic nitrogens is 2. The van der Waals surface area contributed by atoms with Gasteiger partial charge in [0.25, 0.3) is 0 Å². The molecule has 5 heteroatoms. The molecule has 0 saturated heterocycles. The highest BCUT2D eigenvalue weighted by Gasteiger charge is 2.20. The number of rotatable bonds is 5. The van der Waals surface area contributed by atoms with E-state index in [0.717, 1.165) is 23.1 Å². The first-order chi connectivity index (χ1) is 8.71. The molecule has 2 aromatic heterocycles. The maximum absolute atomic E-state index is 4.62. The van der Waals surface area contributed by atoms with Crippen LogP contribution in [-0.4, -0.2) is 16.8 Å². The summed E-state index contributed by atoms with van der Waals surface area (Å²) in [4.78, 5) is 0. The third kappa shape index (κ3) is 2.53. The van der Waals surface area contributed by atoms with Crippen molar-refractivity contribution in [1.29, 1.82) is 0 Å². The van der Waals surface area contributed by atoms with E-state index in [1.807, 2.05) is 7.05 Å². The number of halogens is 1. The Labute approximate surface area is 120 Å². The minimum absolute atomic E-state index is 0.193. The van der Waals surface area contributed by atoms with Gasteiger partial charge in [-0.3, -0.25) is 4.68 Å². The van der Waals surface area contributed by atoms with Crippen LogP contribution in [0.25, 0.3) is 0 Å². The zero-order chi connectivity index (χ0) is 13.1. The van der Waals surface area contributed by atoms with E-state index >= 15 is 0 Å². The van der Waals surface area contributed by atoms with Gasteiger partial charge in [-0.05, 0) is 53.3 Å². The summed E-state index contributed by atoms with van der Waals surface area (Å²) in [6, 6.07) is 2.40. The van der Waals surface area contributed by atoms with Gasteiger partial charge in [0, 0.05) is 16.4 Å². The number of nitrogens with one attached hydrogen (secondary N) is 1. The van der Waals surface area contributed by atoms with Crippen molar-refractivity contribution in [2.75, 3.05) is 7.05 Å². The molecule has 2 rings (SSSR count). The zero-order valence-electron chi connectivity index (χ0n) is 10.9. The van der Waals surface area contributed by atoms with Gasteiger partial charge in [-0.2, -0.15) is 16.4 Å². The fourth-order valence-electron chi connectivity index (χ4n) is 2.11. The molecule has 1 unspecified atom stereocenters. The van der Waals surface area contributed by atoms with Crippen LogP contribution in [0, 0.1) is 0 Å². The topological polar surface area (TPSA) is 29.9 Å². The van der Waals surface area contributed by atoms with Crippen molar-refractivity contribution in [3.8, 4) is 0 Å². The number of hydrogen-bond donors (Lipinski definition) is 1. The van der Waals surface area contributed by atoms with Gasteiger partial charge in [0.2, 0.25) is 0 Å². The molecule has 2 heterocycles. The molecule has 18 heavy (non-hydrogen) atoms. The van der Waals surface area contributed by atoms with E-state index in [0.29, 0.717) is 0 Å². The smallest absolute Gasteiger partial charge is 0.0765 e. The Morgan fingerprint density at radius 1 is 1.44 bits per heavy atom. The van der Waals surface area contributed by atoms with Crippen molar-refractivity contribution in [1.82, 2.24) is 15.1 Å². The molecule has 3 nitrogen and oxygen atoms in total. The van der Waals surface area contributed by atoms with Crippen LogP contribution in [0.2, 0.25) is 0 Å². The second-order valence-electron chi connectivity index (χ2n) is 4.13. The molecule has 0 saturated carbocycles. The average molecular weight is 328 g/mol. The average Bonchev–Trinajstić information content (AvgIpc) is 2.98. The molecular weight excluding hydrogens is 310 g/mol. The lowest BCUT2D eigenvalue weighted by atomic mass is 10.1. The standard InChI is InChI=1S/C13H18BrN3S/c1-4-9-6-12(17(5-2)16-9)13(15-3)10-7-18-8-11(10)14/h6-8,13,15H,4-5H2,1-3H3. The van der Waals surface area contributed by atoms with E-state index in [-0.39, 0.29) is 6.04 Å². The van der Waals surface area contributed by atoms with Crippen LogP contribution in [0.1, 0.15) is 36.8 Å². The first kappa shape index (κ1) is 13.8. The molecule has 0 radical (unpaired) electrons. The summed E-state index contributed by atoms with van der Waals surface area (Å²) in [5.74, 6) is 0. The summed E-state index contributed by atoms with van der Waals surface area (Å²) in [5.41, 5.74) is 3.66. The molecule has 1 atom stereocenters. The van der Waals surface area contributed by atoms with Crippen LogP contribution < -0.4 is 5.32 Å². The summed E-state index contributed by atoms with van der Waals surface area (Å²) in [5, 5.41) is 12.3. The van der Waals surface area contributed by atoms with Crippen molar-refractivity contribution in [2.24, 2.45) is 0 Å². The fourth-order valence-corrected chi connectivity index (χ4v) is 3.66. The fraction of sp³-hybridized carbons (Fsp3) is 0.462. The van der Waals surface area contributed by atoms with Crippen LogP contribution >= 0.6 is 27.3 Å². The minimum Gasteiger partial charge on any atom is -0.308 e. The molecular formula is C13H18BrN3S. The molecule has 0 bridgehead atoms. The largest absolute Gasteiger partial charge is 0.308 e. The Bertz CT molecular complexity index is 518. The van der Waals surface area contributed by atoms with E-state index in [2.05, 4.69) is 61.7 Å². The van der Waals surface area contributed by atoms with E-state index in [9.17, 15) is 0 Å². The Kier molecular flexibility index (Phi) is 4.59. The van der Waals surface area contributed by atoms with Crippen LogP contribution in [0.3, 0.4) is 0 Å². The van der Waals surface area contributed by atoms with Gasteiger partial charge in [0.15, 0.2) is 0 Å². The molecule has 98 valence electrons. The van der Waals surface area contributed by atoms with Crippen LogP contribution in [0.5, 0.6) is 0 Å². The number of aryl methyl sites for hydroxylation is 2. The van der Waals surface area contributed by atoms with Gasteiger partial charge in [0.05, 0.1) is 17.4 Å². The van der Waals surface area contributed by atoms with Crippen molar-refractivity contribution >= 4 is 27.3 Å². The maximum atomic E-state index is 4.62. The van der Waals surface area contributed by atoms with Crippen LogP contribution in [0.4, 0.5) is 0 Å². The van der Waals surface area contributed by atoms with Crippen molar-refractivity contribution in [3.63, 3.8) is 0 Å². The van der Waals surface area contributed by atoms with Gasteiger partial charge >= 0.3 is 0 Å². The third-order valence-corrected chi connectivity index (χ3v) is 4.81. The van der Waals surface area contributed by atoms with Gasteiger partial charge < -0.3 is 5.32 Å². The van der Waals surface area contributed by atoms with Crippen LogP contribution in [-0.2, 0) is 13.0 Å². The normalized spacial score (nSPS) is 12.9. The number of nitrogens with zero attached hydrogens (tertiary/aromatic N) is 2. The van der Waals surface area contributed by atoms with Gasteiger partial charge in [0.1, 0.15) is 0 Å². The predicted molar refractivity (Wildman–Crippen MR) is 80.2 cm³/mol. The van der Waals surface area contributed by atoms with Crippen molar-refractivity contribution < 1.29 is 0 Å². The monoisotopic (exact) mass is 327 g/mol. The summed E-state index contributed by atoms with van der Waals surface area (Å²) >= 11 is 5.33.